The molecule has 1 aromatic carbocycles. The molecule has 0 unspecified atom stereocenters. The lowest BCUT2D eigenvalue weighted by Gasteiger charge is -2.03. The van der Waals surface area contributed by atoms with E-state index in [2.05, 4.69) is 9.99 Å². The molecule has 4 nitrogen and oxygen atoms in total. The number of oxime groups is 1. The number of nitrogens with zero attached hydrogens (tertiary/aromatic N) is 1. The lowest BCUT2D eigenvalue weighted by atomic mass is 10.1. The molecule has 2 rings (SSSR count). The molecule has 0 spiro atoms. The highest BCUT2D eigenvalue weighted by Crippen LogP contribution is 2.29. The summed E-state index contributed by atoms with van der Waals surface area (Å²) in [5.41, 5.74) is 1.86. The van der Waals surface area contributed by atoms with E-state index in [0.717, 1.165) is 11.1 Å². The molecule has 19 heavy (non-hydrogen) atoms. The maximum absolute atomic E-state index is 10.6. The van der Waals surface area contributed by atoms with Crippen molar-refractivity contribution >= 4 is 23.8 Å². The highest BCUT2D eigenvalue weighted by Gasteiger charge is 2.08. The van der Waals surface area contributed by atoms with Crippen LogP contribution in [0, 0.1) is 6.92 Å². The van der Waals surface area contributed by atoms with Crippen LogP contribution in [0.4, 0.5) is 0 Å². The van der Waals surface area contributed by atoms with Gasteiger partial charge in [0.1, 0.15) is 17.7 Å². The zero-order valence-electron chi connectivity index (χ0n) is 10.5. The van der Waals surface area contributed by atoms with Crippen molar-refractivity contribution in [3.63, 3.8) is 0 Å². The molecule has 0 amide bonds. The van der Waals surface area contributed by atoms with Gasteiger partial charge >= 0.3 is 5.97 Å². The SMILES string of the molecule is CC(=O)O/N=C\c1ccc(-c2cccc(Cl)c2C)o1. The third kappa shape index (κ3) is 3.23. The molecule has 0 aliphatic heterocycles. The summed E-state index contributed by atoms with van der Waals surface area (Å²) in [7, 11) is 0. The van der Waals surface area contributed by atoms with E-state index in [4.69, 9.17) is 16.0 Å². The number of rotatable bonds is 3. The number of hydrogen-bond donors (Lipinski definition) is 0. The molecule has 2 aromatic rings. The summed E-state index contributed by atoms with van der Waals surface area (Å²) in [4.78, 5) is 15.0. The van der Waals surface area contributed by atoms with Gasteiger partial charge in [0.2, 0.25) is 0 Å². The monoisotopic (exact) mass is 277 g/mol. The summed E-state index contributed by atoms with van der Waals surface area (Å²) in [6.45, 7) is 3.20. The summed E-state index contributed by atoms with van der Waals surface area (Å²) in [5.74, 6) is 0.702. The van der Waals surface area contributed by atoms with Crippen molar-refractivity contribution in [1.82, 2.24) is 0 Å². The standard InChI is InChI=1S/C14H12ClNO3/c1-9-12(4-3-5-13(9)15)14-7-6-11(18-14)8-16-19-10(2)17/h3-8H,1-2H3/b16-8-. The van der Waals surface area contributed by atoms with Crippen molar-refractivity contribution in [3.8, 4) is 11.3 Å². The average Bonchev–Trinajstić information content (AvgIpc) is 2.81. The van der Waals surface area contributed by atoms with E-state index in [1.54, 1.807) is 6.07 Å². The van der Waals surface area contributed by atoms with Gasteiger partial charge in [-0.2, -0.15) is 0 Å². The van der Waals surface area contributed by atoms with Gasteiger partial charge in [-0.1, -0.05) is 28.9 Å². The molecule has 0 saturated heterocycles. The number of furan rings is 1. The average molecular weight is 278 g/mol. The van der Waals surface area contributed by atoms with Gasteiger partial charge in [0.05, 0.1) is 0 Å². The van der Waals surface area contributed by atoms with Crippen LogP contribution in [0.5, 0.6) is 0 Å². The lowest BCUT2D eigenvalue weighted by Crippen LogP contribution is -1.90. The van der Waals surface area contributed by atoms with E-state index in [-0.39, 0.29) is 0 Å². The van der Waals surface area contributed by atoms with Crippen LogP contribution in [0.3, 0.4) is 0 Å². The van der Waals surface area contributed by atoms with E-state index in [9.17, 15) is 4.79 Å². The minimum atomic E-state index is -0.478. The fourth-order valence-electron chi connectivity index (χ4n) is 1.59. The summed E-state index contributed by atoms with van der Waals surface area (Å²) in [6.07, 6.45) is 1.34. The third-order valence-electron chi connectivity index (χ3n) is 2.52. The predicted octanol–water partition coefficient (Wildman–Crippen LogP) is 3.81. The first kappa shape index (κ1) is 13.4. The molecule has 0 fully saturated rings. The maximum atomic E-state index is 10.6. The zero-order valence-corrected chi connectivity index (χ0v) is 11.3. The maximum Gasteiger partial charge on any atom is 0.331 e. The molecule has 0 bridgehead atoms. The Hall–Kier alpha value is -2.07. The first-order valence-electron chi connectivity index (χ1n) is 5.64. The topological polar surface area (TPSA) is 51.8 Å². The van der Waals surface area contributed by atoms with Gasteiger partial charge < -0.3 is 9.25 Å². The fraction of sp³-hybridized carbons (Fsp3) is 0.143. The van der Waals surface area contributed by atoms with Crippen molar-refractivity contribution in [1.29, 1.82) is 0 Å². The number of carbonyl (C=O) groups excluding carboxylic acids is 1. The Labute approximate surface area is 115 Å². The molecule has 5 heteroatoms. The Morgan fingerprint density at radius 1 is 1.37 bits per heavy atom. The summed E-state index contributed by atoms with van der Waals surface area (Å²) < 4.78 is 5.59. The molecule has 0 N–H and O–H groups in total. The van der Waals surface area contributed by atoms with Crippen LogP contribution in [-0.2, 0) is 9.63 Å². The molecule has 0 aliphatic rings. The van der Waals surface area contributed by atoms with Crippen LogP contribution in [0.15, 0.2) is 39.9 Å². The number of carbonyl (C=O) groups is 1. The smallest absolute Gasteiger partial charge is 0.331 e. The van der Waals surface area contributed by atoms with Gasteiger partial charge in [-0.3, -0.25) is 0 Å². The largest absolute Gasteiger partial charge is 0.455 e. The predicted molar refractivity (Wildman–Crippen MR) is 73.3 cm³/mol. The summed E-state index contributed by atoms with van der Waals surface area (Å²) in [6, 6.07) is 9.16. The van der Waals surface area contributed by atoms with Gasteiger partial charge in [0.25, 0.3) is 0 Å². The molecule has 98 valence electrons. The molecule has 0 saturated carbocycles. The Morgan fingerprint density at radius 3 is 2.89 bits per heavy atom. The minimum absolute atomic E-state index is 0.478. The van der Waals surface area contributed by atoms with Crippen LogP contribution < -0.4 is 0 Å². The van der Waals surface area contributed by atoms with Gasteiger partial charge in [-0.15, -0.1) is 0 Å². The number of hydrogen-bond acceptors (Lipinski definition) is 4. The molecule has 0 aliphatic carbocycles. The minimum Gasteiger partial charge on any atom is -0.455 e. The van der Waals surface area contributed by atoms with E-state index in [1.807, 2.05) is 31.2 Å². The van der Waals surface area contributed by atoms with Crippen molar-refractivity contribution in [2.45, 2.75) is 13.8 Å². The second-order valence-corrected chi connectivity index (χ2v) is 4.34. The molecule has 1 heterocycles. The quantitative estimate of drug-likeness (QED) is 0.487. The summed E-state index contributed by atoms with van der Waals surface area (Å²) >= 11 is 6.06. The molecular weight excluding hydrogens is 266 g/mol. The zero-order chi connectivity index (χ0) is 13.8. The Morgan fingerprint density at radius 2 is 2.16 bits per heavy atom. The van der Waals surface area contributed by atoms with Crippen molar-refractivity contribution < 1.29 is 14.0 Å². The van der Waals surface area contributed by atoms with Gasteiger partial charge in [0, 0.05) is 17.5 Å². The third-order valence-corrected chi connectivity index (χ3v) is 2.93. The first-order valence-corrected chi connectivity index (χ1v) is 6.02. The number of halogens is 1. The van der Waals surface area contributed by atoms with Crippen molar-refractivity contribution in [2.75, 3.05) is 0 Å². The Kier molecular flexibility index (Phi) is 4.02. The highest BCUT2D eigenvalue weighted by atomic mass is 35.5. The van der Waals surface area contributed by atoms with Crippen LogP contribution in [-0.4, -0.2) is 12.2 Å². The Bertz CT molecular complexity index is 631. The van der Waals surface area contributed by atoms with Crippen molar-refractivity contribution in [2.24, 2.45) is 5.16 Å². The van der Waals surface area contributed by atoms with Crippen LogP contribution in [0.2, 0.25) is 5.02 Å². The van der Waals surface area contributed by atoms with E-state index >= 15 is 0 Å². The second-order valence-electron chi connectivity index (χ2n) is 3.93. The van der Waals surface area contributed by atoms with Gasteiger partial charge in [-0.25, -0.2) is 4.79 Å². The van der Waals surface area contributed by atoms with Crippen LogP contribution in [0.1, 0.15) is 18.2 Å². The molecule has 1 aromatic heterocycles. The van der Waals surface area contributed by atoms with Gasteiger partial charge in [-0.05, 0) is 30.7 Å². The number of benzene rings is 1. The van der Waals surface area contributed by atoms with Crippen LogP contribution >= 0.6 is 11.6 Å². The molecular formula is C14H12ClNO3. The lowest BCUT2D eigenvalue weighted by molar-refractivity contribution is -0.140. The van der Waals surface area contributed by atoms with Crippen LogP contribution in [0.25, 0.3) is 11.3 Å². The molecule has 0 radical (unpaired) electrons. The Balaban J connectivity index is 2.23. The summed E-state index contributed by atoms with van der Waals surface area (Å²) in [5, 5.41) is 4.18. The fourth-order valence-corrected chi connectivity index (χ4v) is 1.77. The van der Waals surface area contributed by atoms with E-state index < -0.39 is 5.97 Å². The normalized spacial score (nSPS) is 10.9. The van der Waals surface area contributed by atoms with Crippen molar-refractivity contribution in [3.05, 3.63) is 46.7 Å². The van der Waals surface area contributed by atoms with E-state index in [1.165, 1.54) is 13.1 Å². The highest BCUT2D eigenvalue weighted by molar-refractivity contribution is 6.31. The first-order chi connectivity index (χ1) is 9.08. The second kappa shape index (κ2) is 5.71. The van der Waals surface area contributed by atoms with E-state index in [0.29, 0.717) is 16.5 Å². The molecule has 0 atom stereocenters. The van der Waals surface area contributed by atoms with Gasteiger partial charge in [0.15, 0.2) is 0 Å².